The lowest BCUT2D eigenvalue weighted by Gasteiger charge is -2.14. The fourth-order valence-electron chi connectivity index (χ4n) is 1.86. The van der Waals surface area contributed by atoms with Crippen molar-refractivity contribution in [1.82, 2.24) is 4.90 Å². The minimum atomic E-state index is 0.125. The van der Waals surface area contributed by atoms with E-state index in [1.807, 2.05) is 24.1 Å². The van der Waals surface area contributed by atoms with E-state index in [0.29, 0.717) is 6.54 Å². The molecule has 0 radical (unpaired) electrons. The lowest BCUT2D eigenvalue weighted by Crippen LogP contribution is -2.25. The van der Waals surface area contributed by atoms with Gasteiger partial charge in [0.2, 0.25) is 0 Å². The molecule has 0 spiro atoms. The summed E-state index contributed by atoms with van der Waals surface area (Å²) < 4.78 is 5.08. The van der Waals surface area contributed by atoms with Gasteiger partial charge in [0.15, 0.2) is 5.78 Å². The number of carbonyl (C=O) groups excluding carboxylic acids is 1. The lowest BCUT2D eigenvalue weighted by molar-refractivity contribution is 0.0943. The highest BCUT2D eigenvalue weighted by molar-refractivity contribution is 7.07. The van der Waals surface area contributed by atoms with Gasteiger partial charge in [-0.15, -0.1) is 0 Å². The second kappa shape index (κ2) is 6.50. The second-order valence-electron chi connectivity index (χ2n) is 4.46. The summed E-state index contributed by atoms with van der Waals surface area (Å²) in [5.41, 5.74) is 1.97. The summed E-state index contributed by atoms with van der Waals surface area (Å²) >= 11 is 1.68. The van der Waals surface area contributed by atoms with Gasteiger partial charge in [0, 0.05) is 12.1 Å². The first-order valence-corrected chi connectivity index (χ1v) is 7.00. The molecular weight excluding hydrogens is 258 g/mol. The molecule has 0 N–H and O–H groups in total. The van der Waals surface area contributed by atoms with Crippen LogP contribution in [0.2, 0.25) is 0 Å². The van der Waals surface area contributed by atoms with Crippen LogP contribution in [0, 0.1) is 0 Å². The Bertz CT molecular complexity index is 520. The Balaban J connectivity index is 1.92. The standard InChI is InChI=1S/C15H17NO2S/c1-16(9-12-7-8-19-11-12)10-15(17)13-3-5-14(18-2)6-4-13/h3-8,11H,9-10H2,1-2H3. The molecule has 0 bridgehead atoms. The summed E-state index contributed by atoms with van der Waals surface area (Å²) in [5.74, 6) is 0.892. The molecule has 0 amide bonds. The second-order valence-corrected chi connectivity index (χ2v) is 5.24. The first-order chi connectivity index (χ1) is 9.19. The Hall–Kier alpha value is -1.65. The summed E-state index contributed by atoms with van der Waals surface area (Å²) in [5, 5.41) is 4.16. The number of Topliss-reactive ketones (excluding diaryl/α,β-unsaturated/α-hetero) is 1. The van der Waals surface area contributed by atoms with E-state index in [9.17, 15) is 4.79 Å². The third kappa shape index (κ3) is 3.91. The van der Waals surface area contributed by atoms with Gasteiger partial charge in [-0.3, -0.25) is 9.69 Å². The van der Waals surface area contributed by atoms with Crippen LogP contribution in [0.15, 0.2) is 41.1 Å². The zero-order valence-corrected chi connectivity index (χ0v) is 11.9. The van der Waals surface area contributed by atoms with Crippen molar-refractivity contribution < 1.29 is 9.53 Å². The number of rotatable bonds is 6. The molecule has 0 saturated carbocycles. The average Bonchev–Trinajstić information content (AvgIpc) is 2.91. The highest BCUT2D eigenvalue weighted by atomic mass is 32.1. The molecule has 0 fully saturated rings. The predicted octanol–water partition coefficient (Wildman–Crippen LogP) is 3.07. The van der Waals surface area contributed by atoms with Gasteiger partial charge in [-0.1, -0.05) is 0 Å². The first kappa shape index (κ1) is 13.8. The van der Waals surface area contributed by atoms with Gasteiger partial charge >= 0.3 is 0 Å². The van der Waals surface area contributed by atoms with Gasteiger partial charge < -0.3 is 4.74 Å². The molecule has 0 unspecified atom stereocenters. The van der Waals surface area contributed by atoms with E-state index in [-0.39, 0.29) is 5.78 Å². The van der Waals surface area contributed by atoms with Crippen molar-refractivity contribution in [2.75, 3.05) is 20.7 Å². The summed E-state index contributed by atoms with van der Waals surface area (Å²) in [4.78, 5) is 14.1. The Morgan fingerprint density at radius 3 is 2.58 bits per heavy atom. The van der Waals surface area contributed by atoms with Crippen LogP contribution in [-0.4, -0.2) is 31.4 Å². The molecule has 0 atom stereocenters. The van der Waals surface area contributed by atoms with Crippen molar-refractivity contribution in [2.24, 2.45) is 0 Å². The van der Waals surface area contributed by atoms with E-state index < -0.39 is 0 Å². The molecule has 0 aliphatic carbocycles. The number of methoxy groups -OCH3 is 1. The van der Waals surface area contributed by atoms with E-state index >= 15 is 0 Å². The maximum atomic E-state index is 12.1. The number of hydrogen-bond acceptors (Lipinski definition) is 4. The summed E-state index contributed by atoms with van der Waals surface area (Å²) in [6.07, 6.45) is 0. The quantitative estimate of drug-likeness (QED) is 0.759. The summed E-state index contributed by atoms with van der Waals surface area (Å²) in [7, 11) is 3.57. The number of benzene rings is 1. The molecule has 100 valence electrons. The van der Waals surface area contributed by atoms with Crippen molar-refractivity contribution in [3.63, 3.8) is 0 Å². The highest BCUT2D eigenvalue weighted by Crippen LogP contribution is 2.13. The van der Waals surface area contributed by atoms with Gasteiger partial charge in [0.05, 0.1) is 13.7 Å². The van der Waals surface area contributed by atoms with E-state index in [0.717, 1.165) is 17.9 Å². The van der Waals surface area contributed by atoms with Gasteiger partial charge in [-0.05, 0) is 53.7 Å². The van der Waals surface area contributed by atoms with Crippen LogP contribution >= 0.6 is 11.3 Å². The highest BCUT2D eigenvalue weighted by Gasteiger charge is 2.10. The van der Waals surface area contributed by atoms with Gasteiger partial charge in [0.25, 0.3) is 0 Å². The molecule has 1 heterocycles. The Morgan fingerprint density at radius 1 is 1.26 bits per heavy atom. The molecule has 0 aliphatic rings. The SMILES string of the molecule is COc1ccc(C(=O)CN(C)Cc2ccsc2)cc1. The van der Waals surface area contributed by atoms with Crippen LogP contribution in [0.3, 0.4) is 0 Å². The number of ether oxygens (including phenoxy) is 1. The fourth-order valence-corrected chi connectivity index (χ4v) is 2.52. The van der Waals surface area contributed by atoms with Crippen LogP contribution in [0.5, 0.6) is 5.75 Å². The molecular formula is C15H17NO2S. The van der Waals surface area contributed by atoms with Gasteiger partial charge in [-0.2, -0.15) is 11.3 Å². The number of hydrogen-bond donors (Lipinski definition) is 0. The van der Waals surface area contributed by atoms with Gasteiger partial charge in [-0.25, -0.2) is 0 Å². The maximum absolute atomic E-state index is 12.1. The molecule has 2 aromatic rings. The first-order valence-electron chi connectivity index (χ1n) is 6.06. The molecule has 3 nitrogen and oxygen atoms in total. The lowest BCUT2D eigenvalue weighted by atomic mass is 10.1. The number of likely N-dealkylation sites (N-methyl/N-ethyl adjacent to an activating group) is 1. The largest absolute Gasteiger partial charge is 0.497 e. The van der Waals surface area contributed by atoms with Crippen molar-refractivity contribution in [3.05, 3.63) is 52.2 Å². The molecule has 4 heteroatoms. The van der Waals surface area contributed by atoms with E-state index in [2.05, 4.69) is 16.8 Å². The van der Waals surface area contributed by atoms with Crippen LogP contribution in [-0.2, 0) is 6.54 Å². The van der Waals surface area contributed by atoms with Crippen LogP contribution in [0.4, 0.5) is 0 Å². The third-order valence-corrected chi connectivity index (χ3v) is 3.59. The predicted molar refractivity (Wildman–Crippen MR) is 78.0 cm³/mol. The Kier molecular flexibility index (Phi) is 4.71. The number of nitrogens with zero attached hydrogens (tertiary/aromatic N) is 1. The summed E-state index contributed by atoms with van der Waals surface area (Å²) in [6, 6.07) is 9.32. The Labute approximate surface area is 117 Å². The van der Waals surface area contributed by atoms with Crippen molar-refractivity contribution >= 4 is 17.1 Å². The number of ketones is 1. The molecule has 0 saturated heterocycles. The van der Waals surface area contributed by atoms with Crippen molar-refractivity contribution in [3.8, 4) is 5.75 Å². The van der Waals surface area contributed by atoms with Crippen molar-refractivity contribution in [2.45, 2.75) is 6.54 Å². The van der Waals surface area contributed by atoms with E-state index in [1.165, 1.54) is 5.56 Å². The monoisotopic (exact) mass is 275 g/mol. The number of carbonyl (C=O) groups is 1. The average molecular weight is 275 g/mol. The number of thiophene rings is 1. The molecule has 0 aliphatic heterocycles. The molecule has 19 heavy (non-hydrogen) atoms. The van der Waals surface area contributed by atoms with Crippen LogP contribution in [0.25, 0.3) is 0 Å². The minimum Gasteiger partial charge on any atom is -0.497 e. The summed E-state index contributed by atoms with van der Waals surface area (Å²) in [6.45, 7) is 1.22. The molecule has 2 rings (SSSR count). The van der Waals surface area contributed by atoms with Gasteiger partial charge in [0.1, 0.15) is 5.75 Å². The minimum absolute atomic E-state index is 0.125. The van der Waals surface area contributed by atoms with Crippen LogP contribution < -0.4 is 4.74 Å². The fraction of sp³-hybridized carbons (Fsp3) is 0.267. The van der Waals surface area contributed by atoms with E-state index in [1.54, 1.807) is 30.6 Å². The molecule has 1 aromatic heterocycles. The zero-order chi connectivity index (χ0) is 13.7. The molecule has 1 aromatic carbocycles. The van der Waals surface area contributed by atoms with Crippen LogP contribution in [0.1, 0.15) is 15.9 Å². The smallest absolute Gasteiger partial charge is 0.176 e. The zero-order valence-electron chi connectivity index (χ0n) is 11.1. The van der Waals surface area contributed by atoms with Crippen molar-refractivity contribution in [1.29, 1.82) is 0 Å². The topological polar surface area (TPSA) is 29.5 Å². The third-order valence-electron chi connectivity index (χ3n) is 2.86. The maximum Gasteiger partial charge on any atom is 0.176 e. The Morgan fingerprint density at radius 2 is 2.00 bits per heavy atom. The normalized spacial score (nSPS) is 10.7. The van der Waals surface area contributed by atoms with E-state index in [4.69, 9.17) is 4.74 Å².